The van der Waals surface area contributed by atoms with Gasteiger partial charge in [0.05, 0.1) is 46.3 Å². The third-order valence-electron chi connectivity index (χ3n) is 5.57. The van der Waals surface area contributed by atoms with Crippen LogP contribution in [0.5, 0.6) is 5.88 Å². The molecule has 0 aliphatic heterocycles. The lowest BCUT2D eigenvalue weighted by Crippen LogP contribution is -2.38. The van der Waals surface area contributed by atoms with Crippen molar-refractivity contribution in [2.75, 3.05) is 24.7 Å². The number of nitrogens with one attached hydrogen (secondary N) is 1. The molecule has 0 aliphatic carbocycles. The fourth-order valence-electron chi connectivity index (χ4n) is 3.64. The molecule has 0 atom stereocenters. The van der Waals surface area contributed by atoms with Gasteiger partial charge in [-0.25, -0.2) is 23.4 Å². The maximum atomic E-state index is 14.0. The number of nitrogens with two attached hydrogens (primary N) is 1. The largest absolute Gasteiger partial charge is 0.481 e. The van der Waals surface area contributed by atoms with Crippen LogP contribution in [0.25, 0.3) is 0 Å². The Morgan fingerprint density at radius 3 is 2.40 bits per heavy atom. The molecule has 0 fully saturated rings. The highest BCUT2D eigenvalue weighted by atomic mass is 35.5. The SMILES string of the molecule is COc1ccc(N)c(CCN(Cc2c(Nc3cc(F)c(F)cc3C(=O)O)ccc(Cl)c2Cl)C(=O)OC(C)(C)C)n1. The first-order valence-electron chi connectivity index (χ1n) is 11.9. The molecule has 0 radical (unpaired) electrons. The number of rotatable bonds is 9. The Labute approximate surface area is 239 Å². The summed E-state index contributed by atoms with van der Waals surface area (Å²) in [7, 11) is 1.47. The number of anilines is 3. The van der Waals surface area contributed by atoms with Crippen LogP contribution in [0.2, 0.25) is 10.0 Å². The van der Waals surface area contributed by atoms with E-state index in [-0.39, 0.29) is 46.5 Å². The fourth-order valence-corrected chi connectivity index (χ4v) is 4.04. The van der Waals surface area contributed by atoms with Gasteiger partial charge in [0.2, 0.25) is 5.88 Å². The van der Waals surface area contributed by atoms with E-state index >= 15 is 0 Å². The number of hydrogen-bond acceptors (Lipinski definition) is 7. The van der Waals surface area contributed by atoms with Crippen molar-refractivity contribution in [2.24, 2.45) is 0 Å². The van der Waals surface area contributed by atoms with E-state index < -0.39 is 34.9 Å². The lowest BCUT2D eigenvalue weighted by molar-refractivity contribution is 0.0235. The molecule has 0 aliphatic rings. The molecule has 214 valence electrons. The zero-order valence-electron chi connectivity index (χ0n) is 22.1. The van der Waals surface area contributed by atoms with Gasteiger partial charge in [0.25, 0.3) is 0 Å². The van der Waals surface area contributed by atoms with Gasteiger partial charge in [0.15, 0.2) is 11.6 Å². The summed E-state index contributed by atoms with van der Waals surface area (Å²) < 4.78 is 38.6. The number of benzene rings is 2. The third-order valence-corrected chi connectivity index (χ3v) is 6.41. The molecule has 13 heteroatoms. The second kappa shape index (κ2) is 12.6. The average Bonchev–Trinajstić information content (AvgIpc) is 2.87. The number of nitrogens with zero attached hydrogens (tertiary/aromatic N) is 2. The summed E-state index contributed by atoms with van der Waals surface area (Å²) in [6, 6.07) is 7.44. The zero-order valence-corrected chi connectivity index (χ0v) is 23.7. The van der Waals surface area contributed by atoms with E-state index in [9.17, 15) is 23.5 Å². The Kier molecular flexibility index (Phi) is 9.65. The molecular formula is C27H28Cl2F2N4O5. The van der Waals surface area contributed by atoms with Crippen LogP contribution in [0.3, 0.4) is 0 Å². The van der Waals surface area contributed by atoms with Crippen molar-refractivity contribution < 1.29 is 33.0 Å². The average molecular weight is 597 g/mol. The molecule has 4 N–H and O–H groups in total. The van der Waals surface area contributed by atoms with Gasteiger partial charge in [-0.05, 0) is 45.0 Å². The Morgan fingerprint density at radius 1 is 1.10 bits per heavy atom. The molecule has 0 bridgehead atoms. The van der Waals surface area contributed by atoms with Crippen LogP contribution in [-0.2, 0) is 17.7 Å². The number of carbonyl (C=O) groups is 2. The molecule has 0 saturated carbocycles. The second-order valence-electron chi connectivity index (χ2n) is 9.67. The van der Waals surface area contributed by atoms with Crippen molar-refractivity contribution in [1.82, 2.24) is 9.88 Å². The highest BCUT2D eigenvalue weighted by Gasteiger charge is 2.26. The first-order valence-corrected chi connectivity index (χ1v) is 12.7. The van der Waals surface area contributed by atoms with Gasteiger partial charge < -0.3 is 30.5 Å². The van der Waals surface area contributed by atoms with Gasteiger partial charge in [-0.3, -0.25) is 0 Å². The van der Waals surface area contributed by atoms with E-state index in [0.29, 0.717) is 29.4 Å². The molecule has 0 spiro atoms. The summed E-state index contributed by atoms with van der Waals surface area (Å²) in [6.07, 6.45) is -0.467. The predicted molar refractivity (Wildman–Crippen MR) is 149 cm³/mol. The summed E-state index contributed by atoms with van der Waals surface area (Å²) in [5.41, 5.74) is 5.85. The van der Waals surface area contributed by atoms with E-state index in [2.05, 4.69) is 10.3 Å². The minimum Gasteiger partial charge on any atom is -0.481 e. The van der Waals surface area contributed by atoms with Gasteiger partial charge >= 0.3 is 12.1 Å². The molecule has 3 rings (SSSR count). The number of halogens is 4. The van der Waals surface area contributed by atoms with Crippen molar-refractivity contribution in [1.29, 1.82) is 0 Å². The van der Waals surface area contributed by atoms with Crippen molar-refractivity contribution in [3.05, 3.63) is 74.9 Å². The van der Waals surface area contributed by atoms with Gasteiger partial charge in [-0.15, -0.1) is 0 Å². The standard InChI is InChI=1S/C27H28Cl2F2N4O5/c1-27(2,3)40-26(38)35(10-9-21-19(32)6-8-23(34-21)39-4)13-15-20(7-5-16(28)24(15)29)33-22-12-18(31)17(30)11-14(22)25(36)37/h5-8,11-12,33H,9-10,13,32H2,1-4H3,(H,36,37). The molecule has 1 amide bonds. The van der Waals surface area contributed by atoms with Crippen molar-refractivity contribution in [3.63, 3.8) is 0 Å². The number of carboxylic acids is 1. The highest BCUT2D eigenvalue weighted by Crippen LogP contribution is 2.36. The molecular weight excluding hydrogens is 569 g/mol. The third kappa shape index (κ3) is 7.64. The van der Waals surface area contributed by atoms with Crippen molar-refractivity contribution in [2.45, 2.75) is 39.3 Å². The molecule has 0 unspecified atom stereocenters. The maximum Gasteiger partial charge on any atom is 0.410 e. The van der Waals surface area contributed by atoms with Crippen LogP contribution in [0.4, 0.5) is 30.6 Å². The Bertz CT molecular complexity index is 1430. The summed E-state index contributed by atoms with van der Waals surface area (Å²) in [6.45, 7) is 5.04. The summed E-state index contributed by atoms with van der Waals surface area (Å²) in [4.78, 5) is 30.6. The molecule has 40 heavy (non-hydrogen) atoms. The Morgan fingerprint density at radius 2 is 1.77 bits per heavy atom. The summed E-state index contributed by atoms with van der Waals surface area (Å²) in [5.74, 6) is -3.72. The molecule has 1 aromatic heterocycles. The van der Waals surface area contributed by atoms with E-state index in [0.717, 1.165) is 0 Å². The highest BCUT2D eigenvalue weighted by molar-refractivity contribution is 6.42. The minimum absolute atomic E-state index is 0.0544. The van der Waals surface area contributed by atoms with Gasteiger partial charge in [-0.1, -0.05) is 23.2 Å². The first kappa shape index (κ1) is 30.7. The predicted octanol–water partition coefficient (Wildman–Crippen LogP) is 6.68. The van der Waals surface area contributed by atoms with Crippen LogP contribution in [-0.4, -0.2) is 46.3 Å². The van der Waals surface area contributed by atoms with Gasteiger partial charge in [0, 0.05) is 36.3 Å². The van der Waals surface area contributed by atoms with E-state index in [1.165, 1.54) is 24.1 Å². The first-order chi connectivity index (χ1) is 18.7. The van der Waals surface area contributed by atoms with Crippen molar-refractivity contribution in [3.8, 4) is 5.88 Å². The number of nitrogen functional groups attached to an aromatic ring is 1. The number of pyridine rings is 1. The van der Waals surface area contributed by atoms with Crippen LogP contribution < -0.4 is 15.8 Å². The number of ether oxygens (including phenoxy) is 2. The van der Waals surface area contributed by atoms with Crippen LogP contribution in [0.1, 0.15) is 42.4 Å². The number of aromatic carboxylic acids is 1. The lowest BCUT2D eigenvalue weighted by Gasteiger charge is -2.29. The quantitative estimate of drug-likeness (QED) is 0.249. The smallest absolute Gasteiger partial charge is 0.410 e. The summed E-state index contributed by atoms with van der Waals surface area (Å²) >= 11 is 12.8. The molecule has 3 aromatic rings. The number of aromatic nitrogens is 1. The number of amides is 1. The lowest BCUT2D eigenvalue weighted by atomic mass is 10.1. The van der Waals surface area contributed by atoms with E-state index in [1.807, 2.05) is 0 Å². The van der Waals surface area contributed by atoms with E-state index in [1.54, 1.807) is 32.9 Å². The second-order valence-corrected chi connectivity index (χ2v) is 10.5. The molecule has 0 saturated heterocycles. The molecule has 9 nitrogen and oxygen atoms in total. The number of methoxy groups -OCH3 is 1. The monoisotopic (exact) mass is 596 g/mol. The van der Waals surface area contributed by atoms with E-state index in [4.69, 9.17) is 38.4 Å². The summed E-state index contributed by atoms with van der Waals surface area (Å²) in [5, 5.41) is 12.5. The normalized spacial score (nSPS) is 11.2. The van der Waals surface area contributed by atoms with Crippen LogP contribution >= 0.6 is 23.2 Å². The van der Waals surface area contributed by atoms with Crippen molar-refractivity contribution >= 4 is 52.3 Å². The number of carbonyl (C=O) groups excluding carboxylic acids is 1. The minimum atomic E-state index is -1.48. The Balaban J connectivity index is 2.02. The molecule has 1 heterocycles. The van der Waals surface area contributed by atoms with Crippen LogP contribution in [0.15, 0.2) is 36.4 Å². The molecule has 2 aromatic carbocycles. The fraction of sp³-hybridized carbons (Fsp3) is 0.296. The van der Waals surface area contributed by atoms with Gasteiger partial charge in [-0.2, -0.15) is 0 Å². The Hall–Kier alpha value is -3.83. The number of carboxylic acid groups (broad SMARTS) is 1. The van der Waals surface area contributed by atoms with Gasteiger partial charge in [0.1, 0.15) is 5.60 Å². The number of hydrogen-bond donors (Lipinski definition) is 3. The maximum absolute atomic E-state index is 14.0. The topological polar surface area (TPSA) is 127 Å². The van der Waals surface area contributed by atoms with Crippen LogP contribution in [0, 0.1) is 11.6 Å². The zero-order chi connectivity index (χ0) is 29.8.